The molecule has 122 valence electrons. The molecule has 1 aromatic carbocycles. The smallest absolute Gasteiger partial charge is 0.228 e. The summed E-state index contributed by atoms with van der Waals surface area (Å²) in [6.45, 7) is 9.27. The lowest BCUT2D eigenvalue weighted by atomic mass is 9.94. The summed E-state index contributed by atoms with van der Waals surface area (Å²) in [6, 6.07) is 12.3. The highest BCUT2D eigenvalue weighted by Gasteiger charge is 2.29. The summed E-state index contributed by atoms with van der Waals surface area (Å²) in [6.07, 6.45) is 1.69. The van der Waals surface area contributed by atoms with E-state index in [1.54, 1.807) is 6.26 Å². The molecule has 1 fully saturated rings. The summed E-state index contributed by atoms with van der Waals surface area (Å²) < 4.78 is 5.42. The number of hydrogen-bond donors (Lipinski definition) is 0. The molecule has 0 unspecified atom stereocenters. The highest BCUT2D eigenvalue weighted by Crippen LogP contribution is 2.25. The maximum absolute atomic E-state index is 12.3. The van der Waals surface area contributed by atoms with E-state index in [0.717, 1.165) is 37.5 Å². The van der Waals surface area contributed by atoms with Gasteiger partial charge in [-0.1, -0.05) is 20.8 Å². The van der Waals surface area contributed by atoms with Crippen LogP contribution in [-0.4, -0.2) is 37.0 Å². The number of nitrogens with zero attached hydrogens (tertiary/aromatic N) is 2. The maximum Gasteiger partial charge on any atom is 0.228 e. The minimum atomic E-state index is -0.299. The highest BCUT2D eigenvalue weighted by molar-refractivity contribution is 5.81. The highest BCUT2D eigenvalue weighted by atomic mass is 16.3. The Kier molecular flexibility index (Phi) is 4.16. The van der Waals surface area contributed by atoms with E-state index in [1.165, 1.54) is 5.69 Å². The second kappa shape index (κ2) is 6.11. The Labute approximate surface area is 137 Å². The molecular formula is C19H24N2O2. The molecule has 3 rings (SSSR count). The predicted molar refractivity (Wildman–Crippen MR) is 92.4 cm³/mol. The van der Waals surface area contributed by atoms with E-state index in [-0.39, 0.29) is 11.3 Å². The largest absolute Gasteiger partial charge is 0.464 e. The third kappa shape index (κ3) is 3.41. The zero-order valence-corrected chi connectivity index (χ0v) is 14.1. The molecule has 0 spiro atoms. The molecule has 0 atom stereocenters. The zero-order chi connectivity index (χ0) is 16.4. The lowest BCUT2D eigenvalue weighted by Crippen LogP contribution is -2.51. The van der Waals surface area contributed by atoms with Crippen LogP contribution in [0.25, 0.3) is 11.3 Å². The van der Waals surface area contributed by atoms with Crippen molar-refractivity contribution in [2.75, 3.05) is 31.1 Å². The van der Waals surface area contributed by atoms with Gasteiger partial charge in [0.2, 0.25) is 5.91 Å². The second-order valence-corrected chi connectivity index (χ2v) is 7.05. The number of benzene rings is 1. The quantitative estimate of drug-likeness (QED) is 0.849. The van der Waals surface area contributed by atoms with Crippen molar-refractivity contribution in [2.45, 2.75) is 20.8 Å². The van der Waals surface area contributed by atoms with Gasteiger partial charge in [-0.2, -0.15) is 0 Å². The van der Waals surface area contributed by atoms with Crippen LogP contribution in [0.5, 0.6) is 0 Å². The van der Waals surface area contributed by atoms with Gasteiger partial charge in [0.25, 0.3) is 0 Å². The van der Waals surface area contributed by atoms with Crippen LogP contribution in [0.15, 0.2) is 47.1 Å². The summed E-state index contributed by atoms with van der Waals surface area (Å²) in [5.41, 5.74) is 1.98. The number of furan rings is 1. The Morgan fingerprint density at radius 1 is 1.00 bits per heavy atom. The van der Waals surface area contributed by atoms with Crippen LogP contribution in [0.1, 0.15) is 20.8 Å². The van der Waals surface area contributed by atoms with Gasteiger partial charge in [-0.05, 0) is 36.4 Å². The summed E-state index contributed by atoms with van der Waals surface area (Å²) in [4.78, 5) is 16.6. The van der Waals surface area contributed by atoms with Crippen LogP contribution in [-0.2, 0) is 4.79 Å². The van der Waals surface area contributed by atoms with E-state index in [0.29, 0.717) is 0 Å². The van der Waals surface area contributed by atoms with E-state index in [2.05, 4.69) is 29.2 Å². The predicted octanol–water partition coefficient (Wildman–Crippen LogP) is 3.64. The number of carbonyl (C=O) groups is 1. The fourth-order valence-electron chi connectivity index (χ4n) is 2.92. The molecule has 0 saturated carbocycles. The maximum atomic E-state index is 12.3. The third-order valence-electron chi connectivity index (χ3n) is 4.25. The van der Waals surface area contributed by atoms with Crippen molar-refractivity contribution in [1.29, 1.82) is 0 Å². The number of piperazine rings is 1. The molecule has 1 aliphatic heterocycles. The van der Waals surface area contributed by atoms with Crippen molar-refractivity contribution >= 4 is 11.6 Å². The Balaban J connectivity index is 1.63. The minimum Gasteiger partial charge on any atom is -0.464 e. The molecular weight excluding hydrogens is 288 g/mol. The average Bonchev–Trinajstić information content (AvgIpc) is 3.08. The van der Waals surface area contributed by atoms with E-state index < -0.39 is 0 Å². The van der Waals surface area contributed by atoms with Gasteiger partial charge in [0.1, 0.15) is 5.76 Å². The van der Waals surface area contributed by atoms with Crippen LogP contribution >= 0.6 is 0 Å². The Morgan fingerprint density at radius 3 is 2.17 bits per heavy atom. The second-order valence-electron chi connectivity index (χ2n) is 7.05. The van der Waals surface area contributed by atoms with Gasteiger partial charge in [-0.3, -0.25) is 4.79 Å². The zero-order valence-electron chi connectivity index (χ0n) is 14.1. The first kappa shape index (κ1) is 15.7. The van der Waals surface area contributed by atoms with Crippen molar-refractivity contribution in [1.82, 2.24) is 4.90 Å². The van der Waals surface area contributed by atoms with E-state index in [4.69, 9.17) is 4.42 Å². The van der Waals surface area contributed by atoms with Gasteiger partial charge in [0.05, 0.1) is 6.26 Å². The number of carbonyl (C=O) groups excluding carboxylic acids is 1. The fourth-order valence-corrected chi connectivity index (χ4v) is 2.92. The van der Waals surface area contributed by atoms with Gasteiger partial charge in [-0.15, -0.1) is 0 Å². The molecule has 2 aromatic rings. The summed E-state index contributed by atoms with van der Waals surface area (Å²) in [5.74, 6) is 1.13. The molecule has 2 heterocycles. The molecule has 4 nitrogen and oxygen atoms in total. The van der Waals surface area contributed by atoms with Crippen LogP contribution in [0.4, 0.5) is 5.69 Å². The van der Waals surface area contributed by atoms with Crippen LogP contribution in [0, 0.1) is 5.41 Å². The van der Waals surface area contributed by atoms with Gasteiger partial charge in [0.15, 0.2) is 0 Å². The SMILES string of the molecule is CC(C)(C)C(=O)N1CCN(c2ccc(-c3ccco3)cc2)CC1. The standard InChI is InChI=1S/C19H24N2O2/c1-19(2,3)18(22)21-12-10-20(11-13-21)16-8-6-15(7-9-16)17-5-4-14-23-17/h4-9,14H,10-13H2,1-3H3. The normalized spacial score (nSPS) is 15.8. The van der Waals surface area contributed by atoms with Gasteiger partial charge in [-0.25, -0.2) is 0 Å². The van der Waals surface area contributed by atoms with E-state index in [1.807, 2.05) is 37.8 Å². The molecule has 23 heavy (non-hydrogen) atoms. The number of anilines is 1. The summed E-state index contributed by atoms with van der Waals surface area (Å²) in [5, 5.41) is 0. The van der Waals surface area contributed by atoms with Crippen molar-refractivity contribution in [3.63, 3.8) is 0 Å². The topological polar surface area (TPSA) is 36.7 Å². The average molecular weight is 312 g/mol. The van der Waals surface area contributed by atoms with E-state index >= 15 is 0 Å². The molecule has 4 heteroatoms. The lowest BCUT2D eigenvalue weighted by Gasteiger charge is -2.38. The first-order valence-electron chi connectivity index (χ1n) is 8.13. The molecule has 0 N–H and O–H groups in total. The van der Waals surface area contributed by atoms with E-state index in [9.17, 15) is 4.79 Å². The summed E-state index contributed by atoms with van der Waals surface area (Å²) >= 11 is 0. The number of hydrogen-bond acceptors (Lipinski definition) is 3. The van der Waals surface area contributed by atoms with Crippen molar-refractivity contribution in [2.24, 2.45) is 5.41 Å². The monoisotopic (exact) mass is 312 g/mol. The third-order valence-corrected chi connectivity index (χ3v) is 4.25. The van der Waals surface area contributed by atoms with Crippen molar-refractivity contribution < 1.29 is 9.21 Å². The number of rotatable bonds is 2. The Hall–Kier alpha value is -2.23. The molecule has 1 saturated heterocycles. The fraction of sp³-hybridized carbons (Fsp3) is 0.421. The van der Waals surface area contributed by atoms with Crippen molar-refractivity contribution in [3.8, 4) is 11.3 Å². The number of amides is 1. The van der Waals surface area contributed by atoms with Crippen LogP contribution < -0.4 is 4.90 Å². The minimum absolute atomic E-state index is 0.241. The molecule has 1 aliphatic rings. The van der Waals surface area contributed by atoms with Crippen LogP contribution in [0.2, 0.25) is 0 Å². The summed E-state index contributed by atoms with van der Waals surface area (Å²) in [7, 11) is 0. The van der Waals surface area contributed by atoms with Gasteiger partial charge < -0.3 is 14.2 Å². The van der Waals surface area contributed by atoms with Gasteiger partial charge >= 0.3 is 0 Å². The van der Waals surface area contributed by atoms with Crippen molar-refractivity contribution in [3.05, 3.63) is 42.7 Å². The van der Waals surface area contributed by atoms with Gasteiger partial charge in [0, 0.05) is 42.8 Å². The molecule has 0 radical (unpaired) electrons. The first-order valence-corrected chi connectivity index (χ1v) is 8.13. The first-order chi connectivity index (χ1) is 10.9. The Morgan fingerprint density at radius 2 is 1.65 bits per heavy atom. The molecule has 0 aliphatic carbocycles. The Bertz CT molecular complexity index is 646. The molecule has 1 amide bonds. The van der Waals surface area contributed by atoms with Crippen LogP contribution in [0.3, 0.4) is 0 Å². The molecule has 1 aromatic heterocycles. The lowest BCUT2D eigenvalue weighted by molar-refractivity contribution is -0.139. The molecule has 0 bridgehead atoms.